The van der Waals surface area contributed by atoms with E-state index in [9.17, 15) is 18.3 Å². The van der Waals surface area contributed by atoms with Gasteiger partial charge in [0.05, 0.1) is 12.7 Å². The van der Waals surface area contributed by atoms with E-state index in [-0.39, 0.29) is 17.1 Å². The molecule has 0 fully saturated rings. The fraction of sp³-hybridized carbons (Fsp3) is 0.0625. The summed E-state index contributed by atoms with van der Waals surface area (Å²) in [7, 11) is 1.50. The van der Waals surface area contributed by atoms with E-state index in [1.165, 1.54) is 13.3 Å². The largest absolute Gasteiger partial charge is 0.497 e. The highest BCUT2D eigenvalue weighted by Gasteiger charge is 2.14. The highest BCUT2D eigenvalue weighted by Crippen LogP contribution is 2.30. The number of aromatic amines is 1. The Hall–Kier alpha value is -2.96. The van der Waals surface area contributed by atoms with E-state index >= 15 is 0 Å². The molecule has 0 bridgehead atoms. The third kappa shape index (κ3) is 2.61. The molecule has 3 rings (SSSR count). The first-order valence-electron chi connectivity index (χ1n) is 6.57. The molecule has 2 N–H and O–H groups in total. The minimum absolute atomic E-state index is 0.181. The fourth-order valence-electron chi connectivity index (χ4n) is 2.18. The third-order valence-electron chi connectivity index (χ3n) is 3.37. The van der Waals surface area contributed by atoms with Gasteiger partial charge in [0, 0.05) is 17.1 Å². The average molecular weight is 320 g/mol. The van der Waals surface area contributed by atoms with Crippen molar-refractivity contribution in [1.29, 1.82) is 0 Å². The van der Waals surface area contributed by atoms with Crippen LogP contribution in [0, 0.1) is 17.5 Å². The van der Waals surface area contributed by atoms with Gasteiger partial charge < -0.3 is 14.8 Å². The van der Waals surface area contributed by atoms with Gasteiger partial charge in [-0.2, -0.15) is 0 Å². The van der Waals surface area contributed by atoms with Crippen LogP contribution in [0.2, 0.25) is 0 Å². The lowest BCUT2D eigenvalue weighted by Crippen LogP contribution is -1.90. The van der Waals surface area contributed by atoms with Gasteiger partial charge in [-0.15, -0.1) is 0 Å². The molecule has 0 unspecified atom stereocenters. The van der Waals surface area contributed by atoms with Crippen molar-refractivity contribution in [3.05, 3.63) is 53.3 Å². The van der Waals surface area contributed by atoms with Gasteiger partial charge in [-0.3, -0.25) is 4.99 Å². The van der Waals surface area contributed by atoms with Crippen LogP contribution in [0.5, 0.6) is 11.6 Å². The Kier molecular flexibility index (Phi) is 3.69. The van der Waals surface area contributed by atoms with Crippen LogP contribution in [0.15, 0.2) is 35.3 Å². The van der Waals surface area contributed by atoms with Crippen LogP contribution in [-0.4, -0.2) is 23.4 Å². The summed E-state index contributed by atoms with van der Waals surface area (Å²) in [6.45, 7) is 0. The van der Waals surface area contributed by atoms with Crippen molar-refractivity contribution >= 4 is 22.8 Å². The van der Waals surface area contributed by atoms with Gasteiger partial charge in [0.2, 0.25) is 0 Å². The lowest BCUT2D eigenvalue weighted by molar-refractivity contribution is 0.415. The molecule has 0 aliphatic heterocycles. The van der Waals surface area contributed by atoms with Gasteiger partial charge in [0.1, 0.15) is 11.4 Å². The number of aromatic hydroxyl groups is 1. The molecule has 0 radical (unpaired) electrons. The Balaban J connectivity index is 2.07. The number of benzene rings is 2. The molecule has 3 aromatic rings. The van der Waals surface area contributed by atoms with Crippen molar-refractivity contribution in [3.8, 4) is 11.6 Å². The van der Waals surface area contributed by atoms with E-state index in [0.29, 0.717) is 16.7 Å². The minimum atomic E-state index is -1.59. The number of halogens is 3. The topological polar surface area (TPSA) is 57.6 Å². The first-order chi connectivity index (χ1) is 11.0. The molecular formula is C16H11F3N2O2. The summed E-state index contributed by atoms with van der Waals surface area (Å²) in [5.41, 5.74) is 0.527. The van der Waals surface area contributed by atoms with Crippen LogP contribution >= 0.6 is 0 Å². The Labute approximate surface area is 128 Å². The third-order valence-corrected chi connectivity index (χ3v) is 3.37. The molecule has 0 spiro atoms. The predicted molar refractivity (Wildman–Crippen MR) is 80.1 cm³/mol. The lowest BCUT2D eigenvalue weighted by Gasteiger charge is -2.00. The smallest absolute Gasteiger partial charge is 0.198 e. The molecule has 1 heterocycles. The van der Waals surface area contributed by atoms with E-state index in [2.05, 4.69) is 9.98 Å². The van der Waals surface area contributed by atoms with Crippen molar-refractivity contribution in [2.45, 2.75) is 0 Å². The molecule has 0 aliphatic rings. The maximum absolute atomic E-state index is 13.6. The molecule has 0 saturated carbocycles. The van der Waals surface area contributed by atoms with Crippen molar-refractivity contribution in [2.75, 3.05) is 7.11 Å². The summed E-state index contributed by atoms with van der Waals surface area (Å²) in [5, 5.41) is 10.5. The van der Waals surface area contributed by atoms with Gasteiger partial charge >= 0.3 is 0 Å². The Morgan fingerprint density at radius 3 is 2.65 bits per heavy atom. The summed E-state index contributed by atoms with van der Waals surface area (Å²) < 4.78 is 44.8. The molecule has 4 nitrogen and oxygen atoms in total. The first-order valence-corrected chi connectivity index (χ1v) is 6.57. The summed E-state index contributed by atoms with van der Waals surface area (Å²) in [4.78, 5) is 6.52. The highest BCUT2D eigenvalue weighted by molar-refractivity contribution is 6.03. The SMILES string of the molecule is COc1ccc2[nH]c(O)c(C=Nc3ccc(F)c(F)c3F)c2c1. The number of rotatable bonds is 3. The Bertz CT molecular complexity index is 919. The fourth-order valence-corrected chi connectivity index (χ4v) is 2.18. The van der Waals surface area contributed by atoms with Gasteiger partial charge in [-0.25, -0.2) is 13.2 Å². The number of hydrogen-bond donors (Lipinski definition) is 2. The number of nitrogens with zero attached hydrogens (tertiary/aromatic N) is 1. The number of methoxy groups -OCH3 is 1. The van der Waals surface area contributed by atoms with E-state index in [4.69, 9.17) is 4.74 Å². The second-order valence-corrected chi connectivity index (χ2v) is 4.75. The van der Waals surface area contributed by atoms with Crippen LogP contribution in [0.1, 0.15) is 5.56 Å². The maximum atomic E-state index is 13.6. The average Bonchev–Trinajstić information content (AvgIpc) is 2.86. The zero-order chi connectivity index (χ0) is 16.6. The monoisotopic (exact) mass is 320 g/mol. The quantitative estimate of drug-likeness (QED) is 0.565. The zero-order valence-corrected chi connectivity index (χ0v) is 11.9. The Morgan fingerprint density at radius 1 is 1.13 bits per heavy atom. The van der Waals surface area contributed by atoms with Crippen LogP contribution in [0.3, 0.4) is 0 Å². The first kappa shape index (κ1) is 15.0. The number of H-pyrrole nitrogens is 1. The second kappa shape index (κ2) is 5.68. The van der Waals surface area contributed by atoms with Gasteiger partial charge in [0.15, 0.2) is 23.3 Å². The van der Waals surface area contributed by atoms with Crippen LogP contribution in [0.25, 0.3) is 10.9 Å². The second-order valence-electron chi connectivity index (χ2n) is 4.75. The van der Waals surface area contributed by atoms with Crippen molar-refractivity contribution in [3.63, 3.8) is 0 Å². The summed E-state index contributed by atoms with van der Waals surface area (Å²) in [5.74, 6) is -3.89. The van der Waals surface area contributed by atoms with Crippen molar-refractivity contribution in [2.24, 2.45) is 4.99 Å². The minimum Gasteiger partial charge on any atom is -0.497 e. The van der Waals surface area contributed by atoms with Crippen LogP contribution in [-0.2, 0) is 0 Å². The number of hydrogen-bond acceptors (Lipinski definition) is 3. The maximum Gasteiger partial charge on any atom is 0.198 e. The number of nitrogens with one attached hydrogen (secondary N) is 1. The van der Waals surface area contributed by atoms with Crippen LogP contribution < -0.4 is 4.74 Å². The molecular weight excluding hydrogens is 309 g/mol. The zero-order valence-electron chi connectivity index (χ0n) is 11.9. The summed E-state index contributed by atoms with van der Waals surface area (Å²) in [6, 6.07) is 6.85. The molecule has 7 heteroatoms. The van der Waals surface area contributed by atoms with Gasteiger partial charge in [0.25, 0.3) is 0 Å². The number of aliphatic imine (C=N–C) groups is 1. The van der Waals surface area contributed by atoms with Gasteiger partial charge in [-0.1, -0.05) is 0 Å². The lowest BCUT2D eigenvalue weighted by atomic mass is 10.1. The number of aromatic nitrogens is 1. The predicted octanol–water partition coefficient (Wildman–Crippen LogP) is 4.05. The Morgan fingerprint density at radius 2 is 1.91 bits per heavy atom. The molecule has 0 aliphatic carbocycles. The standard InChI is InChI=1S/C16H11F3N2O2/c1-23-8-2-4-12-9(6-8)10(16(22)21-12)7-20-13-5-3-11(17)14(18)15(13)19/h2-7,21-22H,1H3. The number of fused-ring (bicyclic) bond motifs is 1. The molecule has 0 amide bonds. The van der Waals surface area contributed by atoms with Crippen molar-refractivity contribution < 1.29 is 23.0 Å². The van der Waals surface area contributed by atoms with E-state index in [1.807, 2.05) is 0 Å². The molecule has 0 atom stereocenters. The molecule has 23 heavy (non-hydrogen) atoms. The van der Waals surface area contributed by atoms with E-state index in [1.54, 1.807) is 18.2 Å². The van der Waals surface area contributed by atoms with E-state index < -0.39 is 17.5 Å². The van der Waals surface area contributed by atoms with Crippen molar-refractivity contribution in [1.82, 2.24) is 4.98 Å². The number of ether oxygens (including phenoxy) is 1. The highest BCUT2D eigenvalue weighted by atomic mass is 19.2. The molecule has 118 valence electrons. The van der Waals surface area contributed by atoms with E-state index in [0.717, 1.165) is 12.1 Å². The molecule has 1 aromatic heterocycles. The molecule has 0 saturated heterocycles. The van der Waals surface area contributed by atoms with Crippen LogP contribution in [0.4, 0.5) is 18.9 Å². The summed E-state index contributed by atoms with van der Waals surface area (Å²) >= 11 is 0. The summed E-state index contributed by atoms with van der Waals surface area (Å²) in [6.07, 6.45) is 1.17. The van der Waals surface area contributed by atoms with Gasteiger partial charge in [-0.05, 0) is 30.3 Å². The normalized spacial score (nSPS) is 11.5. The molecule has 2 aromatic carbocycles.